The molecule has 1 unspecified atom stereocenters. The number of aryl methyl sites for hydroxylation is 1. The third-order valence-electron chi connectivity index (χ3n) is 6.26. The van der Waals surface area contributed by atoms with Crippen LogP contribution in [0.5, 0.6) is 0 Å². The van der Waals surface area contributed by atoms with Crippen LogP contribution >= 0.6 is 0 Å². The molecule has 1 aromatic rings. The maximum Gasteiger partial charge on any atom is 0.105 e. The third-order valence-corrected chi connectivity index (χ3v) is 6.26. The van der Waals surface area contributed by atoms with E-state index in [2.05, 4.69) is 6.07 Å². The number of furan rings is 1. The molecule has 4 saturated carbocycles. The predicted octanol–water partition coefficient (Wildman–Crippen LogP) is 3.92. The summed E-state index contributed by atoms with van der Waals surface area (Å²) in [5, 5.41) is 0. The van der Waals surface area contributed by atoms with E-state index in [1.165, 1.54) is 38.5 Å². The highest BCUT2D eigenvalue weighted by molar-refractivity contribution is 5.07. The minimum absolute atomic E-state index is 0.281. The van der Waals surface area contributed by atoms with Crippen molar-refractivity contribution in [3.05, 3.63) is 23.7 Å². The van der Waals surface area contributed by atoms with Crippen molar-refractivity contribution in [2.45, 2.75) is 57.9 Å². The Bertz CT molecular complexity index is 450. The van der Waals surface area contributed by atoms with Crippen LogP contribution in [0, 0.1) is 36.5 Å². The zero-order valence-electron chi connectivity index (χ0n) is 12.6. The van der Waals surface area contributed by atoms with Gasteiger partial charge in [0.25, 0.3) is 0 Å². The predicted molar refractivity (Wildman–Crippen MR) is 80.3 cm³/mol. The van der Waals surface area contributed by atoms with Gasteiger partial charge in [0.1, 0.15) is 11.5 Å². The minimum atomic E-state index is 0.281. The van der Waals surface area contributed by atoms with Gasteiger partial charge < -0.3 is 10.2 Å². The maximum absolute atomic E-state index is 6.43. The highest BCUT2D eigenvalue weighted by Gasteiger charge is 2.48. The average molecular weight is 273 g/mol. The van der Waals surface area contributed by atoms with Crippen molar-refractivity contribution in [2.24, 2.45) is 35.3 Å². The number of nitrogens with two attached hydrogens (primary N) is 1. The summed E-state index contributed by atoms with van der Waals surface area (Å²) in [6, 6.07) is 4.42. The van der Waals surface area contributed by atoms with Crippen molar-refractivity contribution in [2.75, 3.05) is 0 Å². The second-order valence-corrected chi connectivity index (χ2v) is 7.81. The van der Waals surface area contributed by atoms with Gasteiger partial charge in [-0.15, -0.1) is 0 Å². The summed E-state index contributed by atoms with van der Waals surface area (Å²) in [5.41, 5.74) is 6.43. The second-order valence-electron chi connectivity index (χ2n) is 7.81. The van der Waals surface area contributed by atoms with Gasteiger partial charge in [-0.3, -0.25) is 0 Å². The molecule has 1 aromatic heterocycles. The summed E-state index contributed by atoms with van der Waals surface area (Å²) in [6.45, 7) is 2.01. The van der Waals surface area contributed by atoms with Crippen molar-refractivity contribution in [1.29, 1.82) is 0 Å². The summed E-state index contributed by atoms with van der Waals surface area (Å²) < 4.78 is 5.68. The molecule has 1 heterocycles. The first-order chi connectivity index (χ1) is 9.67. The van der Waals surface area contributed by atoms with Gasteiger partial charge >= 0.3 is 0 Å². The van der Waals surface area contributed by atoms with Gasteiger partial charge in [-0.2, -0.15) is 0 Å². The molecule has 4 bridgehead atoms. The largest absolute Gasteiger partial charge is 0.466 e. The van der Waals surface area contributed by atoms with Crippen molar-refractivity contribution >= 4 is 0 Å². The molecule has 0 amide bonds. The monoisotopic (exact) mass is 273 g/mol. The fourth-order valence-corrected chi connectivity index (χ4v) is 5.71. The summed E-state index contributed by atoms with van der Waals surface area (Å²) in [7, 11) is 0. The van der Waals surface area contributed by atoms with E-state index in [4.69, 9.17) is 10.2 Å². The summed E-state index contributed by atoms with van der Waals surface area (Å²) >= 11 is 0. The van der Waals surface area contributed by atoms with Crippen LogP contribution < -0.4 is 5.73 Å². The molecule has 5 rings (SSSR count). The second kappa shape index (κ2) is 4.91. The lowest BCUT2D eigenvalue weighted by Gasteiger charge is -2.55. The highest BCUT2D eigenvalue weighted by Crippen LogP contribution is 2.57. The van der Waals surface area contributed by atoms with Gasteiger partial charge in [0, 0.05) is 12.5 Å². The molecule has 20 heavy (non-hydrogen) atoms. The van der Waals surface area contributed by atoms with Crippen LogP contribution in [0.15, 0.2) is 16.5 Å². The van der Waals surface area contributed by atoms with Crippen molar-refractivity contribution in [3.63, 3.8) is 0 Å². The third kappa shape index (κ3) is 2.32. The molecule has 4 aliphatic rings. The molecule has 0 aliphatic heterocycles. The molecular weight excluding hydrogens is 246 g/mol. The number of hydrogen-bond acceptors (Lipinski definition) is 2. The number of hydrogen-bond donors (Lipinski definition) is 1. The molecule has 4 aliphatic carbocycles. The van der Waals surface area contributed by atoms with E-state index >= 15 is 0 Å². The Kier molecular flexibility index (Phi) is 3.17. The van der Waals surface area contributed by atoms with E-state index in [0.717, 1.165) is 47.5 Å². The van der Waals surface area contributed by atoms with E-state index in [9.17, 15) is 0 Å². The van der Waals surface area contributed by atoms with E-state index in [1.54, 1.807) is 0 Å². The molecule has 0 spiro atoms. The van der Waals surface area contributed by atoms with Crippen molar-refractivity contribution in [1.82, 2.24) is 0 Å². The van der Waals surface area contributed by atoms with Crippen LogP contribution in [0.25, 0.3) is 0 Å². The smallest absolute Gasteiger partial charge is 0.105 e. The van der Waals surface area contributed by atoms with Crippen LogP contribution in [0.4, 0.5) is 0 Å². The fraction of sp³-hybridized carbons (Fsp3) is 0.778. The Morgan fingerprint density at radius 2 is 1.75 bits per heavy atom. The zero-order valence-corrected chi connectivity index (χ0v) is 12.6. The highest BCUT2D eigenvalue weighted by atomic mass is 16.3. The first kappa shape index (κ1) is 12.9. The average Bonchev–Trinajstić information content (AvgIpc) is 2.78. The molecule has 2 N–H and O–H groups in total. The van der Waals surface area contributed by atoms with Gasteiger partial charge in [-0.1, -0.05) is 0 Å². The Balaban J connectivity index is 1.39. The van der Waals surface area contributed by atoms with Crippen LogP contribution in [0.3, 0.4) is 0 Å². The molecular formula is C18H27NO. The van der Waals surface area contributed by atoms with E-state index in [-0.39, 0.29) is 6.04 Å². The van der Waals surface area contributed by atoms with Crippen LogP contribution in [0.2, 0.25) is 0 Å². The van der Waals surface area contributed by atoms with E-state index < -0.39 is 0 Å². The summed E-state index contributed by atoms with van der Waals surface area (Å²) in [5.74, 6) is 7.11. The van der Waals surface area contributed by atoms with Gasteiger partial charge in [-0.25, -0.2) is 0 Å². The normalized spacial score (nSPS) is 40.2. The Labute approximate surface area is 122 Å². The molecule has 0 radical (unpaired) electrons. The van der Waals surface area contributed by atoms with Gasteiger partial charge in [-0.05, 0) is 87.2 Å². The molecule has 110 valence electrons. The lowest BCUT2D eigenvalue weighted by Crippen LogP contribution is -2.47. The molecule has 0 saturated heterocycles. The van der Waals surface area contributed by atoms with E-state index in [0.29, 0.717) is 0 Å². The Morgan fingerprint density at radius 3 is 2.30 bits per heavy atom. The first-order valence-electron chi connectivity index (χ1n) is 8.48. The van der Waals surface area contributed by atoms with Crippen LogP contribution in [-0.4, -0.2) is 6.04 Å². The molecule has 4 fully saturated rings. The SMILES string of the molecule is Cc1ccc(CC(N)CC2C3CC4CC(C3)CC2C4)o1. The van der Waals surface area contributed by atoms with Gasteiger partial charge in [0.05, 0.1) is 0 Å². The van der Waals surface area contributed by atoms with Crippen LogP contribution in [-0.2, 0) is 6.42 Å². The summed E-state index contributed by atoms with van der Waals surface area (Å²) in [6.07, 6.45) is 9.69. The maximum atomic E-state index is 6.43. The lowest BCUT2D eigenvalue weighted by molar-refractivity contribution is -0.0420. The van der Waals surface area contributed by atoms with Gasteiger partial charge in [0.15, 0.2) is 0 Å². The Morgan fingerprint density at radius 1 is 1.10 bits per heavy atom. The van der Waals surface area contributed by atoms with Gasteiger partial charge in [0.2, 0.25) is 0 Å². The molecule has 0 aromatic carbocycles. The van der Waals surface area contributed by atoms with Crippen LogP contribution in [0.1, 0.15) is 50.0 Å². The molecule has 1 atom stereocenters. The zero-order chi connectivity index (χ0) is 13.7. The van der Waals surface area contributed by atoms with Crippen molar-refractivity contribution < 1.29 is 4.42 Å². The Hall–Kier alpha value is -0.760. The topological polar surface area (TPSA) is 39.2 Å². The lowest BCUT2D eigenvalue weighted by atomic mass is 9.51. The fourth-order valence-electron chi connectivity index (χ4n) is 5.71. The van der Waals surface area contributed by atoms with Crippen molar-refractivity contribution in [3.8, 4) is 0 Å². The summed E-state index contributed by atoms with van der Waals surface area (Å²) in [4.78, 5) is 0. The number of rotatable bonds is 4. The van der Waals surface area contributed by atoms with E-state index in [1.807, 2.05) is 13.0 Å². The standard InChI is InChI=1S/C18H27NO/c1-11-2-3-17(20-11)9-16(19)10-18-14-5-12-4-13(7-14)8-15(18)6-12/h2-3,12-16,18H,4-10,19H2,1H3. The first-order valence-corrected chi connectivity index (χ1v) is 8.48. The quantitative estimate of drug-likeness (QED) is 0.903. The molecule has 2 nitrogen and oxygen atoms in total. The molecule has 2 heteroatoms. The minimum Gasteiger partial charge on any atom is -0.466 e.